The van der Waals surface area contributed by atoms with Crippen LogP contribution in [0.2, 0.25) is 0 Å². The monoisotopic (exact) mass is 408 g/mol. The lowest BCUT2D eigenvalue weighted by molar-refractivity contribution is -0.147. The van der Waals surface area contributed by atoms with Crippen molar-refractivity contribution >= 4 is 17.9 Å². The molecule has 0 aromatic heterocycles. The fourth-order valence-electron chi connectivity index (χ4n) is 2.35. The Morgan fingerprint density at radius 2 is 1.23 bits per heavy atom. The highest BCUT2D eigenvalue weighted by molar-refractivity contribution is 5.90. The maximum Gasteiger partial charge on any atom is 0.338 e. The van der Waals surface area contributed by atoms with Crippen LogP contribution in [0.1, 0.15) is 24.2 Å². The molecule has 0 radical (unpaired) electrons. The van der Waals surface area contributed by atoms with E-state index >= 15 is 0 Å². The summed E-state index contributed by atoms with van der Waals surface area (Å²) in [6.07, 6.45) is -0.974. The van der Waals surface area contributed by atoms with Gasteiger partial charge in [0.1, 0.15) is 13.2 Å². The molecule has 0 atom stereocenters. The molecule has 0 fully saturated rings. The number of rotatable bonds is 9. The Kier molecular flexibility index (Phi) is 8.11. The van der Waals surface area contributed by atoms with Crippen molar-refractivity contribution in [1.82, 2.24) is 0 Å². The lowest BCUT2D eigenvalue weighted by Gasteiger charge is -2.18. The van der Waals surface area contributed by atoms with Crippen LogP contribution >= 0.6 is 0 Å². The molecule has 30 heavy (non-hydrogen) atoms. The van der Waals surface area contributed by atoms with Gasteiger partial charge in [0, 0.05) is 11.1 Å². The largest absolute Gasteiger partial charge is 0.458 e. The Bertz CT molecular complexity index is 898. The lowest BCUT2D eigenvalue weighted by atomic mass is 10.0. The third-order valence-electron chi connectivity index (χ3n) is 4.00. The van der Waals surface area contributed by atoms with Crippen molar-refractivity contribution in [1.29, 1.82) is 0 Å². The number of benzene rings is 2. The van der Waals surface area contributed by atoms with Gasteiger partial charge in [-0.15, -0.1) is 0 Å². The van der Waals surface area contributed by atoms with E-state index in [2.05, 4.69) is 13.2 Å². The van der Waals surface area contributed by atoms with Crippen molar-refractivity contribution < 1.29 is 28.6 Å². The van der Waals surface area contributed by atoms with Gasteiger partial charge in [-0.3, -0.25) is 0 Å². The summed E-state index contributed by atoms with van der Waals surface area (Å²) in [6, 6.07) is 16.6. The van der Waals surface area contributed by atoms with E-state index in [9.17, 15) is 14.4 Å². The van der Waals surface area contributed by atoms with Crippen LogP contribution in [0.4, 0.5) is 0 Å². The first-order chi connectivity index (χ1) is 14.3. The van der Waals surface area contributed by atoms with E-state index in [-0.39, 0.29) is 24.4 Å². The summed E-state index contributed by atoms with van der Waals surface area (Å²) in [5, 5.41) is 0. The fraction of sp³-hybridized carbons (Fsp3) is 0.208. The SMILES string of the molecule is C=C(C)C(=O)OCC(COC(=O)C(=C)C)OC(=O)c1ccc(-c2ccccc2)cc1. The van der Waals surface area contributed by atoms with Crippen LogP contribution in [0.15, 0.2) is 78.9 Å². The quantitative estimate of drug-likeness (QED) is 0.353. The van der Waals surface area contributed by atoms with E-state index in [1.165, 1.54) is 13.8 Å². The summed E-state index contributed by atoms with van der Waals surface area (Å²) >= 11 is 0. The molecule has 0 saturated carbocycles. The maximum absolute atomic E-state index is 12.5. The average Bonchev–Trinajstić information content (AvgIpc) is 2.75. The Hall–Kier alpha value is -3.67. The van der Waals surface area contributed by atoms with E-state index in [1.54, 1.807) is 12.1 Å². The Balaban J connectivity index is 2.05. The number of hydrogen-bond acceptors (Lipinski definition) is 6. The molecule has 2 rings (SSSR count). The molecule has 0 aliphatic rings. The van der Waals surface area contributed by atoms with E-state index in [4.69, 9.17) is 14.2 Å². The smallest absolute Gasteiger partial charge is 0.338 e. The molecule has 0 aliphatic carbocycles. The second-order valence-corrected chi connectivity index (χ2v) is 6.73. The summed E-state index contributed by atoms with van der Waals surface area (Å²) in [5.41, 5.74) is 2.70. The minimum absolute atomic E-state index is 0.204. The van der Waals surface area contributed by atoms with Gasteiger partial charge in [0.15, 0.2) is 6.10 Å². The lowest BCUT2D eigenvalue weighted by Crippen LogP contribution is -2.31. The van der Waals surface area contributed by atoms with Crippen LogP contribution in [0.3, 0.4) is 0 Å². The molecule has 0 spiro atoms. The Morgan fingerprint density at radius 1 is 0.767 bits per heavy atom. The Labute approximate surface area is 175 Å². The second kappa shape index (κ2) is 10.8. The minimum atomic E-state index is -0.974. The van der Waals surface area contributed by atoms with Gasteiger partial charge in [0.05, 0.1) is 5.56 Å². The minimum Gasteiger partial charge on any atom is -0.458 e. The highest BCUT2D eigenvalue weighted by Gasteiger charge is 2.21. The third-order valence-corrected chi connectivity index (χ3v) is 4.00. The van der Waals surface area contributed by atoms with Gasteiger partial charge in [-0.1, -0.05) is 55.6 Å². The van der Waals surface area contributed by atoms with Gasteiger partial charge in [-0.05, 0) is 37.1 Å². The van der Waals surface area contributed by atoms with Gasteiger partial charge in [0.25, 0.3) is 0 Å². The van der Waals surface area contributed by atoms with Crippen molar-refractivity contribution in [2.75, 3.05) is 13.2 Å². The molecule has 0 bridgehead atoms. The second-order valence-electron chi connectivity index (χ2n) is 6.73. The first-order valence-electron chi connectivity index (χ1n) is 9.29. The first kappa shape index (κ1) is 22.6. The van der Waals surface area contributed by atoms with Crippen LogP contribution < -0.4 is 0 Å². The average molecular weight is 408 g/mol. The number of hydrogen-bond donors (Lipinski definition) is 0. The molecule has 2 aromatic rings. The highest BCUT2D eigenvalue weighted by atomic mass is 16.6. The third kappa shape index (κ3) is 6.74. The van der Waals surface area contributed by atoms with E-state index in [0.717, 1.165) is 11.1 Å². The van der Waals surface area contributed by atoms with Gasteiger partial charge in [-0.25, -0.2) is 14.4 Å². The predicted molar refractivity (Wildman–Crippen MR) is 113 cm³/mol. The molecule has 0 saturated heterocycles. The highest BCUT2D eigenvalue weighted by Crippen LogP contribution is 2.19. The summed E-state index contributed by atoms with van der Waals surface area (Å²) in [5.74, 6) is -1.89. The molecule has 156 valence electrons. The molecule has 0 heterocycles. The number of carbonyl (C=O) groups excluding carboxylic acids is 3. The molecule has 0 N–H and O–H groups in total. The van der Waals surface area contributed by atoms with Crippen molar-refractivity contribution in [3.63, 3.8) is 0 Å². The zero-order valence-electron chi connectivity index (χ0n) is 17.1. The fourth-order valence-corrected chi connectivity index (χ4v) is 2.35. The number of carbonyl (C=O) groups is 3. The zero-order chi connectivity index (χ0) is 22.1. The van der Waals surface area contributed by atoms with Crippen molar-refractivity contribution in [2.24, 2.45) is 0 Å². The predicted octanol–water partition coefficient (Wildman–Crippen LogP) is 4.12. The molecule has 2 aromatic carbocycles. The molecule has 0 aliphatic heterocycles. The van der Waals surface area contributed by atoms with Crippen molar-refractivity contribution in [2.45, 2.75) is 20.0 Å². The van der Waals surface area contributed by atoms with Gasteiger partial charge >= 0.3 is 17.9 Å². The van der Waals surface area contributed by atoms with E-state index < -0.39 is 24.0 Å². The molecule has 0 amide bonds. The first-order valence-corrected chi connectivity index (χ1v) is 9.29. The van der Waals surface area contributed by atoms with E-state index in [1.807, 2.05) is 42.5 Å². The van der Waals surface area contributed by atoms with Crippen LogP contribution in [0, 0.1) is 0 Å². The van der Waals surface area contributed by atoms with Crippen molar-refractivity contribution in [3.8, 4) is 11.1 Å². The summed E-state index contributed by atoms with van der Waals surface area (Å²) in [6.45, 7) is 9.43. The summed E-state index contributed by atoms with van der Waals surface area (Å²) < 4.78 is 15.5. The topological polar surface area (TPSA) is 78.9 Å². The van der Waals surface area contributed by atoms with Gasteiger partial charge in [0.2, 0.25) is 0 Å². The van der Waals surface area contributed by atoms with Gasteiger partial charge in [-0.2, -0.15) is 0 Å². The van der Waals surface area contributed by atoms with Crippen LogP contribution in [-0.2, 0) is 23.8 Å². The molecule has 6 heteroatoms. The normalized spacial score (nSPS) is 10.2. The Morgan fingerprint density at radius 3 is 1.70 bits per heavy atom. The molecule has 6 nitrogen and oxygen atoms in total. The molecular formula is C24H24O6. The number of esters is 3. The standard InChI is InChI=1S/C24H24O6/c1-16(2)22(25)28-14-21(15-29-23(26)17(3)4)30-24(27)20-12-10-19(11-13-20)18-8-6-5-7-9-18/h5-13,21H,1,3,14-15H2,2,4H3. The van der Waals surface area contributed by atoms with E-state index in [0.29, 0.717) is 5.56 Å². The van der Waals surface area contributed by atoms with Crippen LogP contribution in [0.25, 0.3) is 11.1 Å². The molecular weight excluding hydrogens is 384 g/mol. The summed E-state index contributed by atoms with van der Waals surface area (Å²) in [7, 11) is 0. The zero-order valence-corrected chi connectivity index (χ0v) is 17.1. The number of ether oxygens (including phenoxy) is 3. The summed E-state index contributed by atoms with van der Waals surface area (Å²) in [4.78, 5) is 35.8. The molecule has 0 unspecified atom stereocenters. The van der Waals surface area contributed by atoms with Crippen LogP contribution in [0.5, 0.6) is 0 Å². The van der Waals surface area contributed by atoms with Crippen LogP contribution in [-0.4, -0.2) is 37.2 Å². The maximum atomic E-state index is 12.5. The van der Waals surface area contributed by atoms with Gasteiger partial charge < -0.3 is 14.2 Å². The van der Waals surface area contributed by atoms with Crippen molar-refractivity contribution in [3.05, 3.63) is 84.5 Å².